The zero-order chi connectivity index (χ0) is 13.7. The van der Waals surface area contributed by atoms with E-state index in [0.717, 1.165) is 24.1 Å². The maximum atomic E-state index is 10.7. The summed E-state index contributed by atoms with van der Waals surface area (Å²) in [7, 11) is 0. The molecule has 104 valence electrons. The minimum atomic E-state index is -0.872. The molecule has 0 aromatic heterocycles. The smallest absolute Gasteiger partial charge is 0.335 e. The van der Waals surface area contributed by atoms with Gasteiger partial charge in [0, 0.05) is 12.2 Å². The highest BCUT2D eigenvalue weighted by Crippen LogP contribution is 2.30. The molecule has 1 aromatic carbocycles. The average Bonchev–Trinajstić information content (AvgIpc) is 2.39. The minimum Gasteiger partial charge on any atom is -0.478 e. The fraction of sp³-hybridized carbons (Fsp3) is 0.562. The molecule has 2 atom stereocenters. The molecule has 0 radical (unpaired) electrons. The molecular formula is C16H23NO2. The Hall–Kier alpha value is -1.51. The van der Waals surface area contributed by atoms with Gasteiger partial charge in [0.25, 0.3) is 0 Å². The van der Waals surface area contributed by atoms with Gasteiger partial charge in [-0.05, 0) is 48.9 Å². The van der Waals surface area contributed by atoms with Crippen molar-refractivity contribution in [3.8, 4) is 0 Å². The first-order valence-corrected chi connectivity index (χ1v) is 7.22. The average molecular weight is 261 g/mol. The van der Waals surface area contributed by atoms with Crippen LogP contribution in [0.2, 0.25) is 0 Å². The molecule has 1 saturated carbocycles. The van der Waals surface area contributed by atoms with Crippen molar-refractivity contribution in [2.24, 2.45) is 11.8 Å². The van der Waals surface area contributed by atoms with Gasteiger partial charge in [-0.2, -0.15) is 0 Å². The summed E-state index contributed by atoms with van der Waals surface area (Å²) in [6.07, 6.45) is 6.70. The fourth-order valence-electron chi connectivity index (χ4n) is 2.97. The van der Waals surface area contributed by atoms with E-state index in [4.69, 9.17) is 5.11 Å². The molecule has 2 rings (SSSR count). The van der Waals surface area contributed by atoms with Crippen LogP contribution in [0.3, 0.4) is 0 Å². The van der Waals surface area contributed by atoms with Gasteiger partial charge in [-0.1, -0.05) is 26.2 Å². The van der Waals surface area contributed by atoms with Gasteiger partial charge in [0.15, 0.2) is 0 Å². The molecule has 0 heterocycles. The van der Waals surface area contributed by atoms with Crippen LogP contribution in [0.1, 0.15) is 49.4 Å². The Morgan fingerprint density at radius 2 is 2.05 bits per heavy atom. The molecule has 3 heteroatoms. The second kappa shape index (κ2) is 6.60. The molecule has 2 N–H and O–H groups in total. The number of carbonyl (C=O) groups is 1. The number of rotatable bonds is 5. The molecule has 19 heavy (non-hydrogen) atoms. The van der Waals surface area contributed by atoms with Crippen molar-refractivity contribution in [1.82, 2.24) is 0 Å². The fourth-order valence-corrected chi connectivity index (χ4v) is 2.97. The predicted octanol–water partition coefficient (Wildman–Crippen LogP) is 4.01. The van der Waals surface area contributed by atoms with Crippen LogP contribution in [0.4, 0.5) is 5.69 Å². The van der Waals surface area contributed by atoms with Gasteiger partial charge in [-0.25, -0.2) is 4.79 Å². The number of nitrogens with one attached hydrogen (secondary N) is 1. The third kappa shape index (κ3) is 4.27. The molecule has 1 aliphatic carbocycles. The van der Waals surface area contributed by atoms with E-state index in [1.807, 2.05) is 12.1 Å². The van der Waals surface area contributed by atoms with E-state index < -0.39 is 5.97 Å². The van der Waals surface area contributed by atoms with Crippen LogP contribution in [-0.4, -0.2) is 17.6 Å². The summed E-state index contributed by atoms with van der Waals surface area (Å²) in [5, 5.41) is 12.2. The lowest BCUT2D eigenvalue weighted by molar-refractivity contribution is 0.0697. The van der Waals surface area contributed by atoms with Crippen LogP contribution >= 0.6 is 0 Å². The van der Waals surface area contributed by atoms with Gasteiger partial charge in [-0.3, -0.25) is 0 Å². The Kier molecular flexibility index (Phi) is 4.83. The highest BCUT2D eigenvalue weighted by Gasteiger charge is 2.18. The predicted molar refractivity (Wildman–Crippen MR) is 77.6 cm³/mol. The van der Waals surface area contributed by atoms with E-state index in [1.54, 1.807) is 12.1 Å². The van der Waals surface area contributed by atoms with Crippen LogP contribution < -0.4 is 5.32 Å². The van der Waals surface area contributed by atoms with E-state index >= 15 is 0 Å². The summed E-state index contributed by atoms with van der Waals surface area (Å²) in [5.74, 6) is 0.867. The molecule has 3 nitrogen and oxygen atoms in total. The Morgan fingerprint density at radius 3 is 2.68 bits per heavy atom. The Balaban J connectivity index is 1.74. The molecule has 0 saturated heterocycles. The highest BCUT2D eigenvalue weighted by atomic mass is 16.4. The SMILES string of the molecule is CC1CCCC(CCNc2ccc(C(=O)O)cc2)C1. The zero-order valence-corrected chi connectivity index (χ0v) is 11.6. The number of carboxylic acids is 1. The Bertz CT molecular complexity index is 413. The van der Waals surface area contributed by atoms with Gasteiger partial charge in [0.2, 0.25) is 0 Å². The topological polar surface area (TPSA) is 49.3 Å². The first kappa shape index (κ1) is 13.9. The minimum absolute atomic E-state index is 0.339. The zero-order valence-electron chi connectivity index (χ0n) is 11.6. The molecular weight excluding hydrogens is 238 g/mol. The van der Waals surface area contributed by atoms with E-state index in [2.05, 4.69) is 12.2 Å². The quantitative estimate of drug-likeness (QED) is 0.841. The number of hydrogen-bond donors (Lipinski definition) is 2. The van der Waals surface area contributed by atoms with Crippen molar-refractivity contribution in [3.05, 3.63) is 29.8 Å². The first-order chi connectivity index (χ1) is 9.15. The molecule has 0 spiro atoms. The number of benzene rings is 1. The van der Waals surface area contributed by atoms with E-state index in [0.29, 0.717) is 5.56 Å². The maximum Gasteiger partial charge on any atom is 0.335 e. The molecule has 1 aliphatic rings. The second-order valence-corrected chi connectivity index (χ2v) is 5.74. The summed E-state index contributed by atoms with van der Waals surface area (Å²) < 4.78 is 0. The standard InChI is InChI=1S/C16H23NO2/c1-12-3-2-4-13(11-12)9-10-17-15-7-5-14(6-8-15)16(18)19/h5-8,12-13,17H,2-4,9-11H2,1H3,(H,18,19). The molecule has 2 unspecified atom stereocenters. The van der Waals surface area contributed by atoms with Gasteiger partial charge in [0.05, 0.1) is 5.56 Å². The van der Waals surface area contributed by atoms with Gasteiger partial charge >= 0.3 is 5.97 Å². The third-order valence-electron chi connectivity index (χ3n) is 4.06. The normalized spacial score (nSPS) is 23.0. The van der Waals surface area contributed by atoms with E-state index in [9.17, 15) is 4.79 Å². The van der Waals surface area contributed by atoms with Crippen LogP contribution in [0.5, 0.6) is 0 Å². The molecule has 1 aromatic rings. The number of anilines is 1. The van der Waals surface area contributed by atoms with Crippen molar-refractivity contribution in [1.29, 1.82) is 0 Å². The summed E-state index contributed by atoms with van der Waals surface area (Å²) in [6, 6.07) is 6.97. The van der Waals surface area contributed by atoms with Gasteiger partial charge in [-0.15, -0.1) is 0 Å². The number of aromatic carboxylic acids is 1. The summed E-state index contributed by atoms with van der Waals surface area (Å²) in [6.45, 7) is 3.33. The summed E-state index contributed by atoms with van der Waals surface area (Å²) in [4.78, 5) is 10.7. The van der Waals surface area contributed by atoms with Gasteiger partial charge < -0.3 is 10.4 Å². The van der Waals surface area contributed by atoms with Gasteiger partial charge in [0.1, 0.15) is 0 Å². The summed E-state index contributed by atoms with van der Waals surface area (Å²) in [5.41, 5.74) is 1.35. The van der Waals surface area contributed by atoms with Crippen molar-refractivity contribution in [3.63, 3.8) is 0 Å². The van der Waals surface area contributed by atoms with E-state index in [-0.39, 0.29) is 0 Å². The van der Waals surface area contributed by atoms with Crippen LogP contribution in [0, 0.1) is 11.8 Å². The molecule has 0 aliphatic heterocycles. The van der Waals surface area contributed by atoms with Crippen molar-refractivity contribution in [2.75, 3.05) is 11.9 Å². The lowest BCUT2D eigenvalue weighted by atomic mass is 9.81. The maximum absolute atomic E-state index is 10.7. The lowest BCUT2D eigenvalue weighted by Gasteiger charge is -2.26. The Labute approximate surface area is 115 Å². The van der Waals surface area contributed by atoms with Crippen molar-refractivity contribution < 1.29 is 9.90 Å². The van der Waals surface area contributed by atoms with Crippen LogP contribution in [0.15, 0.2) is 24.3 Å². The second-order valence-electron chi connectivity index (χ2n) is 5.74. The first-order valence-electron chi connectivity index (χ1n) is 7.22. The monoisotopic (exact) mass is 261 g/mol. The van der Waals surface area contributed by atoms with Crippen molar-refractivity contribution >= 4 is 11.7 Å². The molecule has 1 fully saturated rings. The largest absolute Gasteiger partial charge is 0.478 e. The molecule has 0 amide bonds. The number of carboxylic acid groups (broad SMARTS) is 1. The Morgan fingerprint density at radius 1 is 1.32 bits per heavy atom. The number of hydrogen-bond acceptors (Lipinski definition) is 2. The van der Waals surface area contributed by atoms with Crippen molar-refractivity contribution in [2.45, 2.75) is 39.0 Å². The van der Waals surface area contributed by atoms with Crippen LogP contribution in [0.25, 0.3) is 0 Å². The molecule has 0 bridgehead atoms. The highest BCUT2D eigenvalue weighted by molar-refractivity contribution is 5.87. The lowest BCUT2D eigenvalue weighted by Crippen LogP contribution is -2.16. The van der Waals surface area contributed by atoms with Crippen LogP contribution in [-0.2, 0) is 0 Å². The van der Waals surface area contributed by atoms with E-state index in [1.165, 1.54) is 32.1 Å². The third-order valence-corrected chi connectivity index (χ3v) is 4.06. The summed E-state index contributed by atoms with van der Waals surface area (Å²) >= 11 is 0.